The number of carbonyl (C=O) groups excluding carboxylic acids is 3. The molecule has 0 radical (unpaired) electrons. The number of hydrogen-bond donors (Lipinski definition) is 3. The third-order valence-corrected chi connectivity index (χ3v) is 5.33. The number of primary amides is 1. The fourth-order valence-corrected chi connectivity index (χ4v) is 3.81. The molecule has 3 rings (SSSR count). The molecule has 3 aromatic carbocycles. The van der Waals surface area contributed by atoms with E-state index in [0.717, 1.165) is 11.1 Å². The smallest absolute Gasteiger partial charge is 0.243 e. The minimum absolute atomic E-state index is 0.0785. The Kier molecular flexibility index (Phi) is 7.91. The van der Waals surface area contributed by atoms with Crippen molar-refractivity contribution in [1.29, 1.82) is 0 Å². The number of amides is 3. The van der Waals surface area contributed by atoms with Gasteiger partial charge in [-0.05, 0) is 22.8 Å². The van der Waals surface area contributed by atoms with E-state index in [2.05, 4.69) is 10.6 Å². The van der Waals surface area contributed by atoms with E-state index in [1.807, 2.05) is 60.7 Å². The second-order valence-electron chi connectivity index (χ2n) is 7.74. The fourth-order valence-electron chi connectivity index (χ4n) is 3.81. The van der Waals surface area contributed by atoms with Gasteiger partial charge in [-0.25, -0.2) is 4.39 Å². The molecule has 33 heavy (non-hydrogen) atoms. The number of benzene rings is 3. The summed E-state index contributed by atoms with van der Waals surface area (Å²) in [6, 6.07) is 22.3. The second-order valence-corrected chi connectivity index (χ2v) is 7.74. The summed E-state index contributed by atoms with van der Waals surface area (Å²) in [6.45, 7) is 1.27. The minimum atomic E-state index is -1.10. The van der Waals surface area contributed by atoms with E-state index in [9.17, 15) is 18.8 Å². The first-order valence-corrected chi connectivity index (χ1v) is 10.6. The first-order valence-electron chi connectivity index (χ1n) is 10.6. The van der Waals surface area contributed by atoms with Crippen LogP contribution in [0.3, 0.4) is 0 Å². The molecule has 2 atom stereocenters. The first kappa shape index (κ1) is 23.7. The molecule has 7 heteroatoms. The van der Waals surface area contributed by atoms with Crippen molar-refractivity contribution in [3.8, 4) is 0 Å². The number of rotatable bonds is 9. The molecule has 0 aromatic heterocycles. The lowest BCUT2D eigenvalue weighted by Gasteiger charge is -2.28. The van der Waals surface area contributed by atoms with Crippen LogP contribution < -0.4 is 16.4 Å². The lowest BCUT2D eigenvalue weighted by molar-refractivity contribution is -0.131. The van der Waals surface area contributed by atoms with Crippen LogP contribution in [-0.2, 0) is 20.8 Å². The van der Waals surface area contributed by atoms with E-state index in [-0.39, 0.29) is 12.0 Å². The van der Waals surface area contributed by atoms with Crippen LogP contribution in [-0.4, -0.2) is 29.8 Å². The van der Waals surface area contributed by atoms with Crippen molar-refractivity contribution in [2.45, 2.75) is 31.3 Å². The van der Waals surface area contributed by atoms with Crippen LogP contribution >= 0.6 is 0 Å². The number of carbonyl (C=O) groups is 3. The second kappa shape index (κ2) is 11.0. The number of nitrogens with two attached hydrogens (primary N) is 1. The van der Waals surface area contributed by atoms with Crippen LogP contribution in [0.5, 0.6) is 0 Å². The average molecular weight is 448 g/mol. The van der Waals surface area contributed by atoms with E-state index in [0.29, 0.717) is 0 Å². The van der Waals surface area contributed by atoms with E-state index in [1.54, 1.807) is 18.2 Å². The molecule has 3 amide bonds. The van der Waals surface area contributed by atoms with Gasteiger partial charge in [0.2, 0.25) is 17.7 Å². The Morgan fingerprint density at radius 3 is 1.82 bits per heavy atom. The van der Waals surface area contributed by atoms with Gasteiger partial charge in [-0.3, -0.25) is 14.4 Å². The summed E-state index contributed by atoms with van der Waals surface area (Å²) in [4.78, 5) is 37.5. The highest BCUT2D eigenvalue weighted by atomic mass is 19.1. The molecule has 3 aromatic rings. The Hall–Kier alpha value is -4.00. The van der Waals surface area contributed by atoms with E-state index in [1.165, 1.54) is 13.0 Å². The van der Waals surface area contributed by atoms with Gasteiger partial charge in [-0.1, -0.05) is 78.9 Å². The van der Waals surface area contributed by atoms with Gasteiger partial charge in [0.25, 0.3) is 0 Å². The monoisotopic (exact) mass is 447 g/mol. The largest absolute Gasteiger partial charge is 0.368 e. The molecule has 0 saturated carbocycles. The van der Waals surface area contributed by atoms with Crippen molar-refractivity contribution in [1.82, 2.24) is 10.6 Å². The zero-order valence-corrected chi connectivity index (χ0v) is 18.2. The summed E-state index contributed by atoms with van der Waals surface area (Å²) in [5, 5.41) is 5.26. The van der Waals surface area contributed by atoms with Crippen molar-refractivity contribution in [3.05, 3.63) is 107 Å². The standard InChI is InChI=1S/C26H26FN3O3/c1-17(31)29-22(16-20-14-8-9-15-21(20)27)26(33)30-24(25(28)32)23(18-10-4-2-5-11-18)19-12-6-3-7-13-19/h2-15,22-24H,16H2,1H3,(H2,28,32)(H,29,31)(H,30,33)/t22-,24-/m0/s1. The maximum atomic E-state index is 14.2. The third kappa shape index (κ3) is 6.26. The highest BCUT2D eigenvalue weighted by Gasteiger charge is 2.33. The quantitative estimate of drug-likeness (QED) is 0.470. The lowest BCUT2D eigenvalue weighted by atomic mass is 9.84. The van der Waals surface area contributed by atoms with Gasteiger partial charge in [0.1, 0.15) is 17.9 Å². The molecule has 170 valence electrons. The van der Waals surface area contributed by atoms with Crippen LogP contribution in [0.4, 0.5) is 4.39 Å². The van der Waals surface area contributed by atoms with Crippen LogP contribution in [0.25, 0.3) is 0 Å². The van der Waals surface area contributed by atoms with Crippen molar-refractivity contribution >= 4 is 17.7 Å². The third-order valence-electron chi connectivity index (χ3n) is 5.33. The maximum absolute atomic E-state index is 14.2. The summed E-state index contributed by atoms with van der Waals surface area (Å²) in [5.74, 6) is -2.86. The summed E-state index contributed by atoms with van der Waals surface area (Å²) >= 11 is 0. The van der Waals surface area contributed by atoms with Gasteiger partial charge in [-0.15, -0.1) is 0 Å². The Morgan fingerprint density at radius 2 is 1.33 bits per heavy atom. The van der Waals surface area contributed by atoms with Gasteiger partial charge < -0.3 is 16.4 Å². The highest BCUT2D eigenvalue weighted by molar-refractivity contribution is 5.92. The molecular weight excluding hydrogens is 421 g/mol. The minimum Gasteiger partial charge on any atom is -0.368 e. The Morgan fingerprint density at radius 1 is 0.818 bits per heavy atom. The molecular formula is C26H26FN3O3. The van der Waals surface area contributed by atoms with Crippen molar-refractivity contribution < 1.29 is 18.8 Å². The van der Waals surface area contributed by atoms with Gasteiger partial charge in [0, 0.05) is 19.3 Å². The molecule has 0 aliphatic carbocycles. The van der Waals surface area contributed by atoms with Gasteiger partial charge >= 0.3 is 0 Å². The summed E-state index contributed by atoms with van der Waals surface area (Å²) in [6.07, 6.45) is -0.0785. The molecule has 0 aliphatic rings. The first-order chi connectivity index (χ1) is 15.9. The van der Waals surface area contributed by atoms with E-state index >= 15 is 0 Å². The van der Waals surface area contributed by atoms with Crippen molar-refractivity contribution in [2.24, 2.45) is 5.73 Å². The molecule has 0 bridgehead atoms. The molecule has 0 heterocycles. The molecule has 0 unspecified atom stereocenters. The number of nitrogens with one attached hydrogen (secondary N) is 2. The van der Waals surface area contributed by atoms with Crippen LogP contribution in [0.15, 0.2) is 84.9 Å². The average Bonchev–Trinajstić information content (AvgIpc) is 2.80. The zero-order valence-electron chi connectivity index (χ0n) is 18.2. The predicted octanol–water partition coefficient (Wildman–Crippen LogP) is 2.68. The van der Waals surface area contributed by atoms with Crippen LogP contribution in [0, 0.1) is 5.82 Å². The molecule has 0 aliphatic heterocycles. The molecule has 0 fully saturated rings. The van der Waals surface area contributed by atoms with Crippen molar-refractivity contribution in [2.75, 3.05) is 0 Å². The number of halogens is 1. The normalized spacial score (nSPS) is 12.6. The van der Waals surface area contributed by atoms with Gasteiger partial charge in [-0.2, -0.15) is 0 Å². The van der Waals surface area contributed by atoms with Gasteiger partial charge in [0.15, 0.2) is 0 Å². The highest BCUT2D eigenvalue weighted by Crippen LogP contribution is 2.28. The summed E-state index contributed by atoms with van der Waals surface area (Å²) in [5.41, 5.74) is 7.59. The zero-order chi connectivity index (χ0) is 23.8. The van der Waals surface area contributed by atoms with Crippen LogP contribution in [0.2, 0.25) is 0 Å². The Bertz CT molecular complexity index is 1070. The molecule has 4 N–H and O–H groups in total. The van der Waals surface area contributed by atoms with Crippen molar-refractivity contribution in [3.63, 3.8) is 0 Å². The molecule has 0 spiro atoms. The summed E-state index contributed by atoms with van der Waals surface area (Å²) < 4.78 is 14.2. The molecule has 0 saturated heterocycles. The van der Waals surface area contributed by atoms with E-state index in [4.69, 9.17) is 5.73 Å². The number of hydrogen-bond acceptors (Lipinski definition) is 3. The molecule has 6 nitrogen and oxygen atoms in total. The van der Waals surface area contributed by atoms with Crippen LogP contribution in [0.1, 0.15) is 29.5 Å². The topological polar surface area (TPSA) is 101 Å². The Balaban J connectivity index is 1.93. The maximum Gasteiger partial charge on any atom is 0.243 e. The fraction of sp³-hybridized carbons (Fsp3) is 0.192. The van der Waals surface area contributed by atoms with E-state index < -0.39 is 41.5 Å². The SMILES string of the molecule is CC(=O)N[C@@H](Cc1ccccc1F)C(=O)N[C@H](C(N)=O)C(c1ccccc1)c1ccccc1. The summed E-state index contributed by atoms with van der Waals surface area (Å²) in [7, 11) is 0. The lowest BCUT2D eigenvalue weighted by Crippen LogP contribution is -2.55. The predicted molar refractivity (Wildman–Crippen MR) is 124 cm³/mol. The Labute approximate surface area is 192 Å². The van der Waals surface area contributed by atoms with Gasteiger partial charge in [0.05, 0.1) is 0 Å².